The van der Waals surface area contributed by atoms with Gasteiger partial charge in [-0.15, -0.1) is 0 Å². The highest BCUT2D eigenvalue weighted by molar-refractivity contribution is 7.89. The number of hydrogen-bond donors (Lipinski definition) is 0. The van der Waals surface area contributed by atoms with E-state index in [-0.39, 0.29) is 53.7 Å². The molecular formula is C20H21N3O6S2. The summed E-state index contributed by atoms with van der Waals surface area (Å²) in [5.74, 6) is -0.539. The van der Waals surface area contributed by atoms with Crippen molar-refractivity contribution in [1.29, 1.82) is 5.26 Å². The van der Waals surface area contributed by atoms with Crippen molar-refractivity contribution in [2.75, 3.05) is 32.8 Å². The molecule has 31 heavy (non-hydrogen) atoms. The molecule has 0 amide bonds. The maximum atomic E-state index is 12.9. The van der Waals surface area contributed by atoms with Gasteiger partial charge >= 0.3 is 5.97 Å². The second kappa shape index (κ2) is 9.15. The first-order chi connectivity index (χ1) is 14.7. The second-order valence-electron chi connectivity index (χ2n) is 6.66. The van der Waals surface area contributed by atoms with Gasteiger partial charge in [0.2, 0.25) is 20.0 Å². The van der Waals surface area contributed by atoms with Crippen molar-refractivity contribution in [3.63, 3.8) is 0 Å². The van der Waals surface area contributed by atoms with Gasteiger partial charge in [0.25, 0.3) is 0 Å². The average Bonchev–Trinajstić information content (AvgIpc) is 2.79. The smallest absolute Gasteiger partial charge is 0.338 e. The molecule has 9 nitrogen and oxygen atoms in total. The lowest BCUT2D eigenvalue weighted by Gasteiger charge is -2.33. The third-order valence-corrected chi connectivity index (χ3v) is 8.70. The van der Waals surface area contributed by atoms with E-state index in [0.29, 0.717) is 0 Å². The van der Waals surface area contributed by atoms with E-state index < -0.39 is 26.0 Å². The molecule has 0 spiro atoms. The zero-order valence-electron chi connectivity index (χ0n) is 16.8. The highest BCUT2D eigenvalue weighted by Gasteiger charge is 2.34. The molecule has 1 aliphatic heterocycles. The molecule has 164 valence electrons. The number of hydrogen-bond acceptors (Lipinski definition) is 7. The summed E-state index contributed by atoms with van der Waals surface area (Å²) in [7, 11) is -7.78. The van der Waals surface area contributed by atoms with Gasteiger partial charge in [-0.25, -0.2) is 21.6 Å². The molecular weight excluding hydrogens is 442 g/mol. The van der Waals surface area contributed by atoms with E-state index in [0.717, 1.165) is 0 Å². The molecule has 3 rings (SSSR count). The lowest BCUT2D eigenvalue weighted by molar-refractivity contribution is 0.0526. The minimum Gasteiger partial charge on any atom is -0.462 e. The van der Waals surface area contributed by atoms with Gasteiger partial charge in [0.05, 0.1) is 27.5 Å². The number of benzene rings is 2. The zero-order chi connectivity index (χ0) is 22.6. The topological polar surface area (TPSA) is 125 Å². The van der Waals surface area contributed by atoms with Crippen LogP contribution < -0.4 is 0 Å². The van der Waals surface area contributed by atoms with Crippen LogP contribution in [0.25, 0.3) is 0 Å². The summed E-state index contributed by atoms with van der Waals surface area (Å²) < 4.78 is 58.9. The van der Waals surface area contributed by atoms with Crippen LogP contribution in [0.3, 0.4) is 0 Å². The predicted octanol–water partition coefficient (Wildman–Crippen LogP) is 1.43. The molecule has 2 aromatic carbocycles. The molecule has 1 fully saturated rings. The highest BCUT2D eigenvalue weighted by Crippen LogP contribution is 2.24. The predicted molar refractivity (Wildman–Crippen MR) is 111 cm³/mol. The lowest BCUT2D eigenvalue weighted by atomic mass is 10.2. The van der Waals surface area contributed by atoms with Gasteiger partial charge in [0.1, 0.15) is 6.07 Å². The first kappa shape index (κ1) is 22.9. The van der Waals surface area contributed by atoms with Crippen LogP contribution in [0.2, 0.25) is 0 Å². The van der Waals surface area contributed by atoms with Crippen molar-refractivity contribution < 1.29 is 26.4 Å². The summed E-state index contributed by atoms with van der Waals surface area (Å²) in [5.41, 5.74) is 0.284. The molecule has 2 aromatic rings. The average molecular weight is 464 g/mol. The van der Waals surface area contributed by atoms with E-state index in [4.69, 9.17) is 4.74 Å². The number of nitriles is 1. The van der Waals surface area contributed by atoms with Gasteiger partial charge in [-0.1, -0.05) is 12.1 Å². The van der Waals surface area contributed by atoms with Crippen molar-refractivity contribution in [2.45, 2.75) is 16.7 Å². The normalized spacial score (nSPS) is 15.9. The molecule has 1 heterocycles. The Morgan fingerprint density at radius 1 is 0.935 bits per heavy atom. The van der Waals surface area contributed by atoms with Gasteiger partial charge in [-0.05, 0) is 43.3 Å². The van der Waals surface area contributed by atoms with E-state index in [2.05, 4.69) is 0 Å². The molecule has 0 aromatic heterocycles. The number of esters is 1. The Bertz CT molecular complexity index is 1210. The molecule has 0 unspecified atom stereocenters. The Kier molecular flexibility index (Phi) is 6.76. The fraction of sp³-hybridized carbons (Fsp3) is 0.300. The fourth-order valence-electron chi connectivity index (χ4n) is 3.20. The summed E-state index contributed by atoms with van der Waals surface area (Å²) in [5, 5.41) is 9.19. The molecule has 0 radical (unpaired) electrons. The van der Waals surface area contributed by atoms with Gasteiger partial charge in [-0.3, -0.25) is 0 Å². The van der Waals surface area contributed by atoms with Gasteiger partial charge in [0.15, 0.2) is 0 Å². The third kappa shape index (κ3) is 4.62. The zero-order valence-corrected chi connectivity index (χ0v) is 18.4. The maximum absolute atomic E-state index is 12.9. The van der Waals surface area contributed by atoms with E-state index in [9.17, 15) is 26.9 Å². The molecule has 1 aliphatic rings. The minimum atomic E-state index is -3.92. The molecule has 0 saturated carbocycles. The van der Waals surface area contributed by atoms with Crippen molar-refractivity contribution in [2.24, 2.45) is 0 Å². The van der Waals surface area contributed by atoms with Crippen molar-refractivity contribution in [1.82, 2.24) is 8.61 Å². The Labute approximate surface area is 181 Å². The summed E-state index contributed by atoms with van der Waals surface area (Å²) >= 11 is 0. The number of ether oxygens (including phenoxy) is 1. The second-order valence-corrected chi connectivity index (χ2v) is 10.5. The van der Waals surface area contributed by atoms with Crippen LogP contribution in [0.5, 0.6) is 0 Å². The molecule has 0 N–H and O–H groups in total. The van der Waals surface area contributed by atoms with Gasteiger partial charge in [0, 0.05) is 26.2 Å². The van der Waals surface area contributed by atoms with Crippen molar-refractivity contribution >= 4 is 26.0 Å². The summed E-state index contributed by atoms with van der Waals surface area (Å²) in [6.45, 7) is 1.75. The number of carbonyl (C=O) groups excluding carboxylic acids is 1. The van der Waals surface area contributed by atoms with E-state index in [1.54, 1.807) is 13.0 Å². The van der Waals surface area contributed by atoms with Crippen LogP contribution in [0, 0.1) is 11.3 Å². The first-order valence-electron chi connectivity index (χ1n) is 9.48. The van der Waals surface area contributed by atoms with Crippen LogP contribution in [-0.4, -0.2) is 64.2 Å². The Morgan fingerprint density at radius 2 is 1.48 bits per heavy atom. The lowest BCUT2D eigenvalue weighted by Crippen LogP contribution is -2.50. The standard InChI is InChI=1S/C20H21N3O6S2/c1-2-29-20(24)16-7-9-18(10-8-16)30(25,26)22-11-13-23(14-12-22)31(27,28)19-6-4-3-5-17(19)15-21/h3-10H,2,11-14H2,1H3. The number of carbonyl (C=O) groups is 1. The molecule has 0 atom stereocenters. The van der Waals surface area contributed by atoms with Crippen molar-refractivity contribution in [3.8, 4) is 6.07 Å². The number of nitrogens with zero attached hydrogens (tertiary/aromatic N) is 3. The molecule has 11 heteroatoms. The third-order valence-electron chi connectivity index (χ3n) is 4.83. The Balaban J connectivity index is 1.74. The largest absolute Gasteiger partial charge is 0.462 e. The molecule has 1 saturated heterocycles. The van der Waals surface area contributed by atoms with Crippen molar-refractivity contribution in [3.05, 3.63) is 59.7 Å². The van der Waals surface area contributed by atoms with Crippen LogP contribution in [-0.2, 0) is 24.8 Å². The summed E-state index contributed by atoms with van der Waals surface area (Å²) in [4.78, 5) is 11.6. The van der Waals surface area contributed by atoms with Gasteiger partial charge in [-0.2, -0.15) is 13.9 Å². The highest BCUT2D eigenvalue weighted by atomic mass is 32.2. The summed E-state index contributed by atoms with van der Waals surface area (Å²) in [6, 6.07) is 13.2. The SMILES string of the molecule is CCOC(=O)c1ccc(S(=O)(=O)N2CCN(S(=O)(=O)c3ccccc3C#N)CC2)cc1. The number of sulfonamides is 2. The fourth-order valence-corrected chi connectivity index (χ4v) is 6.19. The summed E-state index contributed by atoms with van der Waals surface area (Å²) in [6.07, 6.45) is 0. The van der Waals surface area contributed by atoms with Crippen LogP contribution >= 0.6 is 0 Å². The van der Waals surface area contributed by atoms with E-state index >= 15 is 0 Å². The Morgan fingerprint density at radius 3 is 2.03 bits per heavy atom. The Hall–Kier alpha value is -2.78. The number of piperazine rings is 1. The maximum Gasteiger partial charge on any atom is 0.338 e. The van der Waals surface area contributed by atoms with E-state index in [1.165, 1.54) is 51.1 Å². The quantitative estimate of drug-likeness (QED) is 0.593. The van der Waals surface area contributed by atoms with Crippen LogP contribution in [0.1, 0.15) is 22.8 Å². The molecule has 0 bridgehead atoms. The molecule has 0 aliphatic carbocycles. The van der Waals surface area contributed by atoms with E-state index in [1.807, 2.05) is 6.07 Å². The van der Waals surface area contributed by atoms with Crippen LogP contribution in [0.4, 0.5) is 0 Å². The minimum absolute atomic E-state index is 0.00619. The monoisotopic (exact) mass is 463 g/mol. The van der Waals surface area contributed by atoms with Gasteiger partial charge < -0.3 is 4.74 Å². The number of rotatable bonds is 6. The first-order valence-corrected chi connectivity index (χ1v) is 12.4. The van der Waals surface area contributed by atoms with Crippen LogP contribution in [0.15, 0.2) is 58.3 Å².